The van der Waals surface area contributed by atoms with Crippen LogP contribution in [0.2, 0.25) is 0 Å². The maximum absolute atomic E-state index is 13.3. The number of methoxy groups -OCH3 is 1. The van der Waals surface area contributed by atoms with Gasteiger partial charge in [0.15, 0.2) is 5.78 Å². The van der Waals surface area contributed by atoms with Crippen molar-refractivity contribution in [2.24, 2.45) is 5.92 Å². The summed E-state index contributed by atoms with van der Waals surface area (Å²) in [7, 11) is 1.56. The number of allylic oxidation sites excluding steroid dienone is 5. The summed E-state index contributed by atoms with van der Waals surface area (Å²) in [6, 6.07) is 4.19. The molecule has 0 radical (unpaired) electrons. The van der Waals surface area contributed by atoms with E-state index in [4.69, 9.17) is 23.7 Å². The Balaban J connectivity index is 1.89. The molecule has 3 rings (SSSR count). The molecule has 0 spiro atoms. The van der Waals surface area contributed by atoms with Crippen LogP contribution in [0.15, 0.2) is 54.3 Å². The zero-order chi connectivity index (χ0) is 26.2. The molecule has 36 heavy (non-hydrogen) atoms. The van der Waals surface area contributed by atoms with E-state index in [1.165, 1.54) is 24.3 Å². The van der Waals surface area contributed by atoms with Crippen molar-refractivity contribution < 1.29 is 53.7 Å². The number of carbonyl (C=O) groups is 2. The number of ketones is 1. The van der Waals surface area contributed by atoms with Gasteiger partial charge >= 0.3 is 6.16 Å². The lowest BCUT2D eigenvalue weighted by molar-refractivity contribution is -0.277. The molecule has 0 bridgehead atoms. The topological polar surface area (TPSA) is 161 Å². The molecule has 196 valence electrons. The van der Waals surface area contributed by atoms with Gasteiger partial charge in [0.25, 0.3) is 0 Å². The largest absolute Gasteiger partial charge is 0.513 e. The SMILES string of the molecule is CCOC(=O)Oc1cccc(O[C@@H]2O[C@H](CO)[C@@H](O)[C@H](O)[C@H]2O)c1C(=O)C=CC1C=CC(OC)=CC1. The predicted octanol–water partition coefficient (Wildman–Crippen LogP) is 1.25. The third-order valence-corrected chi connectivity index (χ3v) is 5.61. The summed E-state index contributed by atoms with van der Waals surface area (Å²) in [5, 5.41) is 39.8. The first-order valence-corrected chi connectivity index (χ1v) is 11.4. The Hall–Kier alpha value is -3.22. The molecule has 1 aliphatic carbocycles. The molecule has 2 aliphatic rings. The van der Waals surface area contributed by atoms with Crippen molar-refractivity contribution >= 4 is 11.9 Å². The summed E-state index contributed by atoms with van der Waals surface area (Å²) in [5.41, 5.74) is -0.160. The van der Waals surface area contributed by atoms with E-state index in [9.17, 15) is 30.0 Å². The second kappa shape index (κ2) is 12.7. The minimum atomic E-state index is -1.70. The molecule has 0 aromatic heterocycles. The highest BCUT2D eigenvalue weighted by molar-refractivity contribution is 6.09. The van der Waals surface area contributed by atoms with Crippen molar-refractivity contribution in [3.8, 4) is 11.5 Å². The number of hydrogen-bond donors (Lipinski definition) is 4. The minimum absolute atomic E-state index is 0.0497. The zero-order valence-electron chi connectivity index (χ0n) is 19.9. The molecule has 1 unspecified atom stereocenters. The van der Waals surface area contributed by atoms with Gasteiger partial charge in [0.2, 0.25) is 6.29 Å². The molecule has 6 atom stereocenters. The standard InChI is InChI=1S/C25H30O11/c1-3-33-25(31)36-18-6-4-5-17(34-24-23(30)22(29)21(28)19(13-26)35-24)20(18)16(27)12-9-14-7-10-15(32-2)11-8-14/h4-7,9-12,14,19,21-24,26,28-30H,3,8,13H2,1-2H3/t14?,19-,21-,22+,23-,24-/m1/s1. The first kappa shape index (κ1) is 27.4. The van der Waals surface area contributed by atoms with E-state index >= 15 is 0 Å². The van der Waals surface area contributed by atoms with E-state index < -0.39 is 49.3 Å². The Morgan fingerprint density at radius 2 is 1.89 bits per heavy atom. The quantitative estimate of drug-likeness (QED) is 0.165. The summed E-state index contributed by atoms with van der Waals surface area (Å²) in [6.07, 6.45) is 0.355. The van der Waals surface area contributed by atoms with E-state index in [0.717, 1.165) is 5.76 Å². The Bertz CT molecular complexity index is 1010. The molecule has 11 nitrogen and oxygen atoms in total. The van der Waals surface area contributed by atoms with Crippen LogP contribution >= 0.6 is 0 Å². The monoisotopic (exact) mass is 506 g/mol. The lowest BCUT2D eigenvalue weighted by Gasteiger charge is -2.39. The minimum Gasteiger partial charge on any atom is -0.497 e. The lowest BCUT2D eigenvalue weighted by Crippen LogP contribution is -2.60. The van der Waals surface area contributed by atoms with Crippen LogP contribution in [0, 0.1) is 5.92 Å². The number of carbonyl (C=O) groups excluding carboxylic acids is 2. The van der Waals surface area contributed by atoms with Crippen LogP contribution in [0.25, 0.3) is 0 Å². The highest BCUT2D eigenvalue weighted by Gasteiger charge is 2.45. The second-order valence-corrected chi connectivity index (χ2v) is 8.02. The number of hydrogen-bond acceptors (Lipinski definition) is 11. The Kier molecular flexibility index (Phi) is 9.62. The zero-order valence-corrected chi connectivity index (χ0v) is 19.9. The van der Waals surface area contributed by atoms with Gasteiger partial charge in [0.1, 0.15) is 47.2 Å². The molecule has 1 fully saturated rings. The molecule has 11 heteroatoms. The van der Waals surface area contributed by atoms with Crippen molar-refractivity contribution in [3.63, 3.8) is 0 Å². The fraction of sp³-hybridized carbons (Fsp3) is 0.440. The number of ether oxygens (including phenoxy) is 5. The molecule has 1 saturated heterocycles. The predicted molar refractivity (Wildman–Crippen MR) is 124 cm³/mol. The molecule has 1 aromatic carbocycles. The van der Waals surface area contributed by atoms with Crippen molar-refractivity contribution in [1.82, 2.24) is 0 Å². The fourth-order valence-electron chi connectivity index (χ4n) is 3.67. The molecule has 0 amide bonds. The van der Waals surface area contributed by atoms with E-state index in [1.807, 2.05) is 12.2 Å². The van der Waals surface area contributed by atoms with Crippen LogP contribution < -0.4 is 9.47 Å². The summed E-state index contributed by atoms with van der Waals surface area (Å²) in [4.78, 5) is 25.2. The van der Waals surface area contributed by atoms with Crippen LogP contribution in [0.3, 0.4) is 0 Å². The fourth-order valence-corrected chi connectivity index (χ4v) is 3.67. The van der Waals surface area contributed by atoms with Gasteiger partial charge in [-0.05, 0) is 49.6 Å². The highest BCUT2D eigenvalue weighted by atomic mass is 16.7. The number of aliphatic hydroxyl groups excluding tert-OH is 4. The number of aliphatic hydroxyl groups is 4. The van der Waals surface area contributed by atoms with Gasteiger partial charge in [-0.25, -0.2) is 4.79 Å². The van der Waals surface area contributed by atoms with Gasteiger partial charge < -0.3 is 44.1 Å². The first-order valence-electron chi connectivity index (χ1n) is 11.4. The van der Waals surface area contributed by atoms with Crippen molar-refractivity contribution in [2.45, 2.75) is 44.1 Å². The third-order valence-electron chi connectivity index (χ3n) is 5.61. The van der Waals surface area contributed by atoms with Gasteiger partial charge in [0, 0.05) is 0 Å². The van der Waals surface area contributed by atoms with Gasteiger partial charge in [-0.15, -0.1) is 0 Å². The third kappa shape index (κ3) is 6.50. The Labute approximate surface area is 207 Å². The van der Waals surface area contributed by atoms with Crippen molar-refractivity contribution in [3.05, 3.63) is 59.9 Å². The molecule has 1 heterocycles. The first-order chi connectivity index (χ1) is 17.3. The molecule has 0 saturated carbocycles. The summed E-state index contributed by atoms with van der Waals surface area (Å²) in [6.45, 7) is 0.989. The van der Waals surface area contributed by atoms with Crippen LogP contribution in [-0.2, 0) is 14.2 Å². The average molecular weight is 507 g/mol. The van der Waals surface area contributed by atoms with Gasteiger partial charge in [-0.2, -0.15) is 0 Å². The summed E-state index contributed by atoms with van der Waals surface area (Å²) in [5.74, 6) is -0.234. The molecular formula is C25H30O11. The van der Waals surface area contributed by atoms with Gasteiger partial charge in [-0.3, -0.25) is 4.79 Å². The van der Waals surface area contributed by atoms with Gasteiger partial charge in [0.05, 0.1) is 20.3 Å². The molecule has 1 aromatic rings. The smallest absolute Gasteiger partial charge is 0.497 e. The van der Waals surface area contributed by atoms with Gasteiger partial charge in [-0.1, -0.05) is 18.2 Å². The Morgan fingerprint density at radius 1 is 1.14 bits per heavy atom. The van der Waals surface area contributed by atoms with Crippen LogP contribution in [0.1, 0.15) is 23.7 Å². The molecule has 1 aliphatic heterocycles. The maximum atomic E-state index is 13.3. The molecular weight excluding hydrogens is 476 g/mol. The number of rotatable bonds is 9. The van der Waals surface area contributed by atoms with Crippen LogP contribution in [0.4, 0.5) is 4.79 Å². The normalized spacial score (nSPS) is 27.9. The number of benzene rings is 1. The highest BCUT2D eigenvalue weighted by Crippen LogP contribution is 2.33. The summed E-state index contributed by atoms with van der Waals surface area (Å²) >= 11 is 0. The van der Waals surface area contributed by atoms with Crippen LogP contribution in [0.5, 0.6) is 11.5 Å². The van der Waals surface area contributed by atoms with Crippen molar-refractivity contribution in [2.75, 3.05) is 20.3 Å². The summed E-state index contributed by atoms with van der Waals surface area (Å²) < 4.78 is 26.2. The second-order valence-electron chi connectivity index (χ2n) is 8.02. The van der Waals surface area contributed by atoms with E-state index in [1.54, 1.807) is 26.2 Å². The maximum Gasteiger partial charge on any atom is 0.513 e. The average Bonchev–Trinajstić information content (AvgIpc) is 2.88. The lowest BCUT2D eigenvalue weighted by atomic mass is 9.98. The van der Waals surface area contributed by atoms with E-state index in [-0.39, 0.29) is 29.6 Å². The van der Waals surface area contributed by atoms with E-state index in [2.05, 4.69) is 0 Å². The van der Waals surface area contributed by atoms with E-state index in [0.29, 0.717) is 6.42 Å². The molecule has 4 N–H and O–H groups in total. The van der Waals surface area contributed by atoms with Crippen LogP contribution in [-0.4, -0.2) is 83.4 Å². The Morgan fingerprint density at radius 3 is 2.53 bits per heavy atom. The van der Waals surface area contributed by atoms with Crippen molar-refractivity contribution in [1.29, 1.82) is 0 Å².